The lowest BCUT2D eigenvalue weighted by Gasteiger charge is -2.24. The van der Waals surface area contributed by atoms with E-state index in [4.69, 9.17) is 14.2 Å². The molecular formula is C17H14Br2N2O5. The third kappa shape index (κ3) is 3.78. The van der Waals surface area contributed by atoms with Gasteiger partial charge in [0.15, 0.2) is 23.0 Å². The number of ether oxygens (including phenoxy) is 3. The van der Waals surface area contributed by atoms with Crippen molar-refractivity contribution >= 4 is 44.0 Å². The van der Waals surface area contributed by atoms with E-state index in [0.29, 0.717) is 26.0 Å². The lowest BCUT2D eigenvalue weighted by Crippen LogP contribution is -2.42. The predicted octanol–water partition coefficient (Wildman–Crippen LogP) is 3.22. The number of nitrogens with one attached hydrogen (secondary N) is 1. The normalized spacial score (nSPS) is 15.7. The molecule has 1 amide bonds. The van der Waals surface area contributed by atoms with Gasteiger partial charge >= 0.3 is 0 Å². The smallest absolute Gasteiger partial charge is 0.284 e. The standard InChI is InChI=1S/C17H14Br2N2O5/c1-24-13-6-10(18)15(19)9(16(13)22)7-20-21-17(23)14-8-25-11-4-2-3-5-12(11)26-14/h2-7,14,22H,8H2,1H3,(H,21,23). The van der Waals surface area contributed by atoms with E-state index in [1.54, 1.807) is 24.3 Å². The number of para-hydroxylation sites is 2. The van der Waals surface area contributed by atoms with Crippen molar-refractivity contribution in [3.63, 3.8) is 0 Å². The molecule has 0 aromatic heterocycles. The van der Waals surface area contributed by atoms with Crippen molar-refractivity contribution < 1.29 is 24.1 Å². The Labute approximate surface area is 166 Å². The van der Waals surface area contributed by atoms with E-state index in [1.165, 1.54) is 13.3 Å². The van der Waals surface area contributed by atoms with Gasteiger partial charge in [0, 0.05) is 8.95 Å². The molecule has 9 heteroatoms. The summed E-state index contributed by atoms with van der Waals surface area (Å²) in [6, 6.07) is 8.72. The Morgan fingerprint density at radius 3 is 2.85 bits per heavy atom. The number of hydrazone groups is 1. The molecule has 0 aliphatic carbocycles. The van der Waals surface area contributed by atoms with E-state index in [2.05, 4.69) is 42.4 Å². The Kier molecular flexibility index (Phi) is 5.67. The molecule has 7 nitrogen and oxygen atoms in total. The summed E-state index contributed by atoms with van der Waals surface area (Å²) in [4.78, 5) is 12.2. The molecule has 0 saturated heterocycles. The van der Waals surface area contributed by atoms with E-state index < -0.39 is 12.0 Å². The van der Waals surface area contributed by atoms with Gasteiger partial charge in [0.05, 0.1) is 18.9 Å². The summed E-state index contributed by atoms with van der Waals surface area (Å²) in [6.45, 7) is 0.0814. The number of carbonyl (C=O) groups excluding carboxylic acids is 1. The van der Waals surface area contributed by atoms with Crippen LogP contribution in [0.4, 0.5) is 0 Å². The first-order chi connectivity index (χ1) is 12.5. The molecule has 0 saturated carbocycles. The first kappa shape index (κ1) is 18.5. The highest BCUT2D eigenvalue weighted by molar-refractivity contribution is 9.13. The van der Waals surface area contributed by atoms with Crippen molar-refractivity contribution in [3.8, 4) is 23.0 Å². The number of benzene rings is 2. The number of hydrogen-bond acceptors (Lipinski definition) is 6. The van der Waals surface area contributed by atoms with Gasteiger partial charge in [-0.3, -0.25) is 4.79 Å². The summed E-state index contributed by atoms with van der Waals surface area (Å²) in [7, 11) is 1.44. The van der Waals surface area contributed by atoms with Crippen LogP contribution in [0.5, 0.6) is 23.0 Å². The molecule has 1 aliphatic rings. The van der Waals surface area contributed by atoms with E-state index >= 15 is 0 Å². The number of aromatic hydroxyl groups is 1. The number of phenols is 1. The molecule has 0 bridgehead atoms. The highest BCUT2D eigenvalue weighted by Gasteiger charge is 2.27. The van der Waals surface area contributed by atoms with Crippen LogP contribution in [0.3, 0.4) is 0 Å². The molecule has 2 N–H and O–H groups in total. The van der Waals surface area contributed by atoms with Crippen molar-refractivity contribution in [2.45, 2.75) is 6.10 Å². The van der Waals surface area contributed by atoms with E-state index in [1.807, 2.05) is 6.07 Å². The van der Waals surface area contributed by atoms with Gasteiger partial charge in [0.2, 0.25) is 6.10 Å². The second kappa shape index (κ2) is 7.96. The van der Waals surface area contributed by atoms with Crippen LogP contribution in [-0.2, 0) is 4.79 Å². The van der Waals surface area contributed by atoms with Crippen molar-refractivity contribution in [3.05, 3.63) is 44.8 Å². The molecule has 26 heavy (non-hydrogen) atoms. The minimum atomic E-state index is -0.823. The van der Waals surface area contributed by atoms with E-state index in [0.717, 1.165) is 0 Å². The Bertz CT molecular complexity index is 872. The summed E-state index contributed by atoms with van der Waals surface area (Å²) in [5, 5.41) is 14.1. The SMILES string of the molecule is COc1cc(Br)c(Br)c(C=NNC(=O)C2COc3ccccc3O2)c1O. The van der Waals surface area contributed by atoms with Gasteiger partial charge in [-0.25, -0.2) is 5.43 Å². The largest absolute Gasteiger partial charge is 0.504 e. The fourth-order valence-electron chi connectivity index (χ4n) is 2.27. The summed E-state index contributed by atoms with van der Waals surface area (Å²) in [5.41, 5.74) is 2.73. The van der Waals surface area contributed by atoms with Crippen LogP contribution in [0.2, 0.25) is 0 Å². The summed E-state index contributed by atoms with van der Waals surface area (Å²) in [5.74, 6) is 0.795. The molecule has 1 atom stereocenters. The first-order valence-corrected chi connectivity index (χ1v) is 9.06. The van der Waals surface area contributed by atoms with Gasteiger partial charge in [-0.05, 0) is 50.1 Å². The molecule has 0 radical (unpaired) electrons. The van der Waals surface area contributed by atoms with Crippen molar-refractivity contribution in [2.75, 3.05) is 13.7 Å². The van der Waals surface area contributed by atoms with Crippen LogP contribution in [0.15, 0.2) is 44.4 Å². The van der Waals surface area contributed by atoms with Crippen LogP contribution >= 0.6 is 31.9 Å². The average Bonchev–Trinajstić information content (AvgIpc) is 2.66. The Morgan fingerprint density at radius 2 is 2.12 bits per heavy atom. The van der Waals surface area contributed by atoms with Crippen LogP contribution in [-0.4, -0.2) is 37.0 Å². The summed E-state index contributed by atoms with van der Waals surface area (Å²) in [6.07, 6.45) is 0.485. The number of carbonyl (C=O) groups is 1. The van der Waals surface area contributed by atoms with Crippen LogP contribution in [0.25, 0.3) is 0 Å². The van der Waals surface area contributed by atoms with Gasteiger partial charge in [-0.15, -0.1) is 0 Å². The molecule has 0 fully saturated rings. The predicted molar refractivity (Wildman–Crippen MR) is 102 cm³/mol. The lowest BCUT2D eigenvalue weighted by molar-refractivity contribution is -0.130. The Hall–Kier alpha value is -2.26. The van der Waals surface area contributed by atoms with Crippen molar-refractivity contribution in [1.82, 2.24) is 5.43 Å². The molecular weight excluding hydrogens is 472 g/mol. The molecule has 2 aromatic carbocycles. The topological polar surface area (TPSA) is 89.4 Å². The molecule has 0 spiro atoms. The molecule has 1 heterocycles. The number of nitrogens with zero attached hydrogens (tertiary/aromatic N) is 1. The van der Waals surface area contributed by atoms with Crippen LogP contribution < -0.4 is 19.6 Å². The van der Waals surface area contributed by atoms with Crippen molar-refractivity contribution in [1.29, 1.82) is 0 Å². The maximum Gasteiger partial charge on any atom is 0.284 e. The highest BCUT2D eigenvalue weighted by atomic mass is 79.9. The maximum absolute atomic E-state index is 12.2. The fraction of sp³-hybridized carbons (Fsp3) is 0.176. The molecule has 1 unspecified atom stereocenters. The number of methoxy groups -OCH3 is 1. The van der Waals surface area contributed by atoms with Gasteiger partial charge in [0.25, 0.3) is 5.91 Å². The van der Waals surface area contributed by atoms with Crippen LogP contribution in [0.1, 0.15) is 5.56 Å². The number of fused-ring (bicyclic) bond motifs is 1. The molecule has 1 aliphatic heterocycles. The van der Waals surface area contributed by atoms with E-state index in [-0.39, 0.29) is 18.1 Å². The Balaban J connectivity index is 1.70. The molecule has 3 rings (SSSR count). The highest BCUT2D eigenvalue weighted by Crippen LogP contribution is 2.39. The lowest BCUT2D eigenvalue weighted by atomic mass is 10.2. The van der Waals surface area contributed by atoms with Gasteiger partial charge in [-0.2, -0.15) is 5.10 Å². The maximum atomic E-state index is 12.2. The Morgan fingerprint density at radius 1 is 1.38 bits per heavy atom. The average molecular weight is 486 g/mol. The first-order valence-electron chi connectivity index (χ1n) is 7.47. The minimum Gasteiger partial charge on any atom is -0.504 e. The van der Waals surface area contributed by atoms with Crippen molar-refractivity contribution in [2.24, 2.45) is 5.10 Å². The zero-order valence-electron chi connectivity index (χ0n) is 13.5. The second-order valence-electron chi connectivity index (χ2n) is 5.24. The summed E-state index contributed by atoms with van der Waals surface area (Å²) < 4.78 is 17.4. The third-order valence-corrected chi connectivity index (χ3v) is 5.59. The number of rotatable bonds is 4. The molecule has 136 valence electrons. The summed E-state index contributed by atoms with van der Waals surface area (Å²) >= 11 is 6.69. The zero-order valence-corrected chi connectivity index (χ0v) is 16.7. The van der Waals surface area contributed by atoms with Gasteiger partial charge in [0.1, 0.15) is 6.61 Å². The minimum absolute atomic E-state index is 0.0814. The number of halogens is 2. The number of phenolic OH excluding ortho intramolecular Hbond substituents is 1. The van der Waals surface area contributed by atoms with Crippen LogP contribution in [0, 0.1) is 0 Å². The monoisotopic (exact) mass is 484 g/mol. The zero-order chi connectivity index (χ0) is 18.7. The molecule has 2 aromatic rings. The number of hydrogen-bond donors (Lipinski definition) is 2. The second-order valence-corrected chi connectivity index (χ2v) is 6.88. The third-order valence-electron chi connectivity index (χ3n) is 3.58. The van der Waals surface area contributed by atoms with E-state index in [9.17, 15) is 9.90 Å². The number of amides is 1. The fourth-order valence-corrected chi connectivity index (χ4v) is 3.09. The van der Waals surface area contributed by atoms with Gasteiger partial charge < -0.3 is 19.3 Å². The van der Waals surface area contributed by atoms with Gasteiger partial charge in [-0.1, -0.05) is 12.1 Å². The quantitative estimate of drug-likeness (QED) is 0.512.